The van der Waals surface area contributed by atoms with E-state index in [1.807, 2.05) is 39.0 Å². The highest BCUT2D eigenvalue weighted by molar-refractivity contribution is 6.12. The van der Waals surface area contributed by atoms with E-state index in [4.69, 9.17) is 21.3 Å². The maximum Gasteiger partial charge on any atom is 0.325 e. The fraction of sp³-hybridized carbons (Fsp3) is 0.471. The molecule has 3 aliphatic heterocycles. The number of benzene rings is 1. The highest BCUT2D eigenvalue weighted by Crippen LogP contribution is 2.37. The number of β-lactam (4-membered cyclic amide) rings is 1. The van der Waals surface area contributed by atoms with Gasteiger partial charge in [-0.3, -0.25) is 38.7 Å². The number of nitrogens with one attached hydrogen (secondary N) is 2. The van der Waals surface area contributed by atoms with E-state index in [-0.39, 0.29) is 30.8 Å². The monoisotopic (exact) mass is 987 g/mol. The zero-order chi connectivity index (χ0) is 51.4. The van der Waals surface area contributed by atoms with Gasteiger partial charge in [0.25, 0.3) is 11.8 Å². The number of aliphatic hydroxyl groups excluding tert-OH is 1. The Labute approximate surface area is 418 Å². The molecule has 0 aliphatic carbocycles. The number of carbonyl (C=O) groups excluding carboxylic acids is 5. The molecule has 7 amide bonds. The van der Waals surface area contributed by atoms with Gasteiger partial charge < -0.3 is 36.5 Å². The lowest BCUT2D eigenvalue weighted by molar-refractivity contribution is -0.164. The number of rotatable bonds is 17. The summed E-state index contributed by atoms with van der Waals surface area (Å²) in [5.41, 5.74) is 16.5. The van der Waals surface area contributed by atoms with Crippen LogP contribution >= 0.6 is 0 Å². The summed E-state index contributed by atoms with van der Waals surface area (Å²) in [5.74, 6) is -1.61. The number of amides is 7. The van der Waals surface area contributed by atoms with E-state index < -0.39 is 66.0 Å². The summed E-state index contributed by atoms with van der Waals surface area (Å²) in [6.45, 7) is 6.93. The standard InChI is InChI=1S/C51H66N14O7/c1-7-37(34-14-13-30(2)31(3)25-34)57-50(70)64-43(35(45(64)66)26-32-15-18-54-40(52)28-32)47(68)61(5)42-17-22-63(59-42)21-10-11-38(39-12-8-9-24-72-39)58-51(71)65-44(48(69)62(6)49-56-20-23-60(49)4)36(46(65)67)27-33-16-19-55-41(53)29-33/h13-20,22-23,25,28-29,35-39,43-45,66H,7-12,21,24,26-27H2,1-6H3,(H2,52,54)(H2,53,55)(H,57,70)(H,58,71)/t35-,36-,37-,38-,39?,43+,44+,45?/m1/s1. The Kier molecular flexibility index (Phi) is 15.5. The number of aryl methyl sites for hydroxylation is 4. The smallest absolute Gasteiger partial charge is 0.325 e. The molecule has 0 bridgehead atoms. The van der Waals surface area contributed by atoms with E-state index in [1.54, 1.807) is 85.5 Å². The van der Waals surface area contributed by atoms with Crippen LogP contribution in [0.5, 0.6) is 0 Å². The summed E-state index contributed by atoms with van der Waals surface area (Å²) < 4.78 is 9.56. The second kappa shape index (κ2) is 21.9. The van der Waals surface area contributed by atoms with Gasteiger partial charge in [-0.15, -0.1) is 0 Å². The van der Waals surface area contributed by atoms with Crippen LogP contribution in [0.2, 0.25) is 0 Å². The molecule has 0 saturated carbocycles. The lowest BCUT2D eigenvalue weighted by Crippen LogP contribution is -2.72. The number of urea groups is 2. The number of likely N-dealkylation sites (N-methyl/N-ethyl adjacent to an activating group) is 2. The molecule has 4 aromatic heterocycles. The van der Waals surface area contributed by atoms with Crippen LogP contribution in [0.4, 0.5) is 33.0 Å². The van der Waals surface area contributed by atoms with Gasteiger partial charge >= 0.3 is 12.1 Å². The van der Waals surface area contributed by atoms with E-state index >= 15 is 0 Å². The van der Waals surface area contributed by atoms with Crippen LogP contribution in [-0.4, -0.2) is 125 Å². The van der Waals surface area contributed by atoms with E-state index in [0.29, 0.717) is 62.0 Å². The van der Waals surface area contributed by atoms with Gasteiger partial charge in [-0.2, -0.15) is 5.10 Å². The van der Waals surface area contributed by atoms with Crippen molar-refractivity contribution < 1.29 is 33.8 Å². The number of anilines is 4. The van der Waals surface area contributed by atoms with Crippen molar-refractivity contribution in [2.24, 2.45) is 18.9 Å². The topological polar surface area (TPSA) is 265 Å². The Hall–Kier alpha value is -7.39. The highest BCUT2D eigenvalue weighted by atomic mass is 16.5. The van der Waals surface area contributed by atoms with Crippen LogP contribution in [0.25, 0.3) is 0 Å². The number of pyridine rings is 2. The Morgan fingerprint density at radius 2 is 1.56 bits per heavy atom. The number of aromatic nitrogens is 6. The lowest BCUT2D eigenvalue weighted by atomic mass is 9.80. The van der Waals surface area contributed by atoms with Gasteiger partial charge in [0.1, 0.15) is 29.9 Å². The molecule has 382 valence electrons. The Bertz CT molecular complexity index is 2770. The van der Waals surface area contributed by atoms with Crippen LogP contribution in [0.1, 0.15) is 79.3 Å². The first-order chi connectivity index (χ1) is 34.5. The van der Waals surface area contributed by atoms with Crippen molar-refractivity contribution in [2.75, 3.05) is 42.0 Å². The van der Waals surface area contributed by atoms with Crippen molar-refractivity contribution in [2.45, 2.75) is 115 Å². The third kappa shape index (κ3) is 10.8. The Morgan fingerprint density at radius 3 is 2.19 bits per heavy atom. The summed E-state index contributed by atoms with van der Waals surface area (Å²) in [5, 5.41) is 22.4. The van der Waals surface area contributed by atoms with Crippen molar-refractivity contribution in [3.8, 4) is 0 Å². The van der Waals surface area contributed by atoms with Gasteiger partial charge in [-0.25, -0.2) is 24.5 Å². The largest absolute Gasteiger partial charge is 0.384 e. The van der Waals surface area contributed by atoms with Crippen LogP contribution in [-0.2, 0) is 45.6 Å². The van der Waals surface area contributed by atoms with Gasteiger partial charge in [0, 0.05) is 77.3 Å². The van der Waals surface area contributed by atoms with Gasteiger partial charge in [-0.05, 0) is 117 Å². The Balaban J connectivity index is 0.949. The van der Waals surface area contributed by atoms with Crippen molar-refractivity contribution >= 4 is 53.2 Å². The van der Waals surface area contributed by atoms with Crippen LogP contribution in [0.15, 0.2) is 79.5 Å². The summed E-state index contributed by atoms with van der Waals surface area (Å²) >= 11 is 0. The number of hydrogen-bond donors (Lipinski definition) is 5. The number of nitrogen functional groups attached to an aromatic ring is 2. The minimum Gasteiger partial charge on any atom is -0.384 e. The zero-order valence-corrected chi connectivity index (χ0v) is 41.7. The Morgan fingerprint density at radius 1 is 0.847 bits per heavy atom. The molecule has 3 aliphatic rings. The molecule has 8 atom stereocenters. The molecular formula is C51H66N14O7. The lowest BCUT2D eigenvalue weighted by Gasteiger charge is -2.52. The van der Waals surface area contributed by atoms with Crippen molar-refractivity contribution in [1.29, 1.82) is 0 Å². The number of aliphatic hydroxyl groups is 1. The fourth-order valence-electron chi connectivity index (χ4n) is 10.1. The maximum atomic E-state index is 14.6. The third-order valence-electron chi connectivity index (χ3n) is 14.4. The molecule has 5 aromatic rings. The predicted molar refractivity (Wildman–Crippen MR) is 269 cm³/mol. The molecule has 72 heavy (non-hydrogen) atoms. The van der Waals surface area contributed by atoms with Crippen LogP contribution in [0.3, 0.4) is 0 Å². The number of likely N-dealkylation sites (tertiary alicyclic amines) is 2. The molecule has 1 aromatic carbocycles. The normalized spacial score (nSPS) is 21.5. The molecule has 0 spiro atoms. The number of imidazole rings is 1. The number of hydrogen-bond acceptors (Lipinski definition) is 13. The average molecular weight is 987 g/mol. The highest BCUT2D eigenvalue weighted by Gasteiger charge is 2.57. The minimum atomic E-state index is -1.26. The first-order valence-electron chi connectivity index (χ1n) is 24.6. The van der Waals surface area contributed by atoms with E-state index in [9.17, 15) is 29.1 Å². The first kappa shape index (κ1) is 51.0. The predicted octanol–water partition coefficient (Wildman–Crippen LogP) is 4.03. The summed E-state index contributed by atoms with van der Waals surface area (Å²) in [6, 6.07) is 10.3. The first-order valence-corrected chi connectivity index (χ1v) is 24.6. The van der Waals surface area contributed by atoms with Gasteiger partial charge in [0.2, 0.25) is 11.9 Å². The molecule has 2 unspecified atom stereocenters. The molecule has 21 nitrogen and oxygen atoms in total. The SMILES string of the molecule is CC[C@@H](NC(=O)N1C(O)[C@H](Cc2ccnc(N)c2)[C@H]1C(=O)N(C)c1ccn(CCC[C@@H](NC(=O)N2C(=O)[C@H](Cc3ccnc(N)c3)[C@H]2C(=O)N(C)c2nccn2C)C2CCCCO2)n1)c1ccc(C)c(C)c1. The number of carbonyl (C=O) groups is 5. The van der Waals surface area contributed by atoms with Gasteiger partial charge in [-0.1, -0.05) is 25.1 Å². The molecule has 7 N–H and O–H groups in total. The number of ether oxygens (including phenoxy) is 1. The summed E-state index contributed by atoms with van der Waals surface area (Å²) in [6.07, 6.45) is 11.0. The number of nitrogens with two attached hydrogens (primary N) is 2. The number of imide groups is 1. The average Bonchev–Trinajstić information content (AvgIpc) is 4.03. The molecule has 3 saturated heterocycles. The summed E-state index contributed by atoms with van der Waals surface area (Å²) in [7, 11) is 4.91. The second-order valence-electron chi connectivity index (χ2n) is 19.2. The van der Waals surface area contributed by atoms with Crippen LogP contribution in [0, 0.1) is 25.7 Å². The number of nitrogens with zero attached hydrogens (tertiary/aromatic N) is 10. The fourth-order valence-corrected chi connectivity index (χ4v) is 10.1. The van der Waals surface area contributed by atoms with E-state index in [0.717, 1.165) is 40.0 Å². The van der Waals surface area contributed by atoms with E-state index in [2.05, 4.69) is 25.6 Å². The van der Waals surface area contributed by atoms with Gasteiger partial charge in [0.15, 0.2) is 5.82 Å². The molecule has 7 heterocycles. The molecule has 0 radical (unpaired) electrons. The van der Waals surface area contributed by atoms with E-state index in [1.165, 1.54) is 20.9 Å². The summed E-state index contributed by atoms with van der Waals surface area (Å²) in [4.78, 5) is 88.4. The quantitative estimate of drug-likeness (QED) is 0.0826. The molecule has 3 fully saturated rings. The third-order valence-corrected chi connectivity index (χ3v) is 14.4. The second-order valence-corrected chi connectivity index (χ2v) is 19.2. The van der Waals surface area contributed by atoms with Crippen LogP contribution < -0.4 is 31.9 Å². The van der Waals surface area contributed by atoms with Crippen molar-refractivity contribution in [1.82, 2.24) is 49.7 Å². The zero-order valence-electron chi connectivity index (χ0n) is 41.7. The minimum absolute atomic E-state index is 0.174. The molecule has 21 heteroatoms. The molecule has 8 rings (SSSR count). The molecular weight excluding hydrogens is 921 g/mol. The van der Waals surface area contributed by atoms with Gasteiger partial charge in [0.05, 0.1) is 24.1 Å². The van der Waals surface area contributed by atoms with Crippen molar-refractivity contribution in [3.63, 3.8) is 0 Å². The van der Waals surface area contributed by atoms with Crippen molar-refractivity contribution in [3.05, 3.63) is 107 Å². The maximum absolute atomic E-state index is 14.6.